The van der Waals surface area contributed by atoms with Crippen LogP contribution in [-0.4, -0.2) is 60.5 Å². The summed E-state index contributed by atoms with van der Waals surface area (Å²) < 4.78 is 72.9. The second kappa shape index (κ2) is 16.2. The van der Waals surface area contributed by atoms with Crippen molar-refractivity contribution in [2.24, 2.45) is 7.05 Å². The molecule has 1 fully saturated rings. The molecule has 14 nitrogen and oxygen atoms in total. The van der Waals surface area contributed by atoms with Crippen LogP contribution in [0.1, 0.15) is 77.2 Å². The first-order chi connectivity index (χ1) is 30.0. The zero-order valence-electron chi connectivity index (χ0n) is 33.6. The molecule has 4 aromatic carbocycles. The normalized spacial score (nSPS) is 16.9. The smallest absolute Gasteiger partial charge is 0.385 e. The molecule has 8 rings (SSSR count). The Morgan fingerprint density at radius 2 is 1.71 bits per heavy atom. The Morgan fingerprint density at radius 3 is 2.40 bits per heavy atom. The number of unbranched alkanes of at least 4 members (excludes halogenated alkanes) is 1. The molecule has 0 spiro atoms. The number of aromatic nitrogens is 5. The van der Waals surface area contributed by atoms with Gasteiger partial charge in [-0.1, -0.05) is 12.1 Å². The molecule has 4 heterocycles. The molecule has 2 aliphatic heterocycles. The van der Waals surface area contributed by atoms with Crippen LogP contribution in [0, 0.1) is 23.0 Å². The van der Waals surface area contributed by atoms with Crippen LogP contribution < -0.4 is 31.3 Å². The van der Waals surface area contributed by atoms with Gasteiger partial charge in [0.25, 0.3) is 17.4 Å². The van der Waals surface area contributed by atoms with E-state index in [1.807, 2.05) is 24.3 Å². The maximum atomic E-state index is 15.5. The minimum Gasteiger partial charge on any atom is -0.385 e. The number of rotatable bonds is 11. The van der Waals surface area contributed by atoms with Gasteiger partial charge in [-0.2, -0.15) is 28.6 Å². The molecule has 20 heteroatoms. The lowest BCUT2D eigenvalue weighted by atomic mass is 9.83. The minimum atomic E-state index is -4.87. The number of hydrogen-bond donors (Lipinski definition) is 4. The predicted molar refractivity (Wildman–Crippen MR) is 227 cm³/mol. The Kier molecular flexibility index (Phi) is 10.9. The molecule has 2 aromatic heterocycles. The first-order valence-corrected chi connectivity index (χ1v) is 19.9. The summed E-state index contributed by atoms with van der Waals surface area (Å²) in [6, 6.07) is 17.7. The number of hydrogen-bond acceptors (Lipinski definition) is 10. The van der Waals surface area contributed by atoms with Crippen molar-refractivity contribution in [1.29, 1.82) is 5.26 Å². The second-order valence-corrected chi connectivity index (χ2v) is 15.9. The molecule has 2 amide bonds. The molecule has 63 heavy (non-hydrogen) atoms. The van der Waals surface area contributed by atoms with Gasteiger partial charge in [-0.3, -0.25) is 24.0 Å². The first kappa shape index (κ1) is 42.4. The van der Waals surface area contributed by atoms with Crippen molar-refractivity contribution in [1.82, 2.24) is 30.3 Å². The average Bonchev–Trinajstić information content (AvgIpc) is 3.74. The number of alkyl halides is 3. The number of H-pyrrole nitrogens is 1. The van der Waals surface area contributed by atoms with Crippen LogP contribution >= 0.6 is 12.2 Å². The largest absolute Gasteiger partial charge is 0.417 e. The van der Waals surface area contributed by atoms with Gasteiger partial charge in [0.2, 0.25) is 0 Å². The van der Waals surface area contributed by atoms with Gasteiger partial charge in [-0.25, -0.2) is 18.9 Å². The van der Waals surface area contributed by atoms with Crippen LogP contribution in [0.5, 0.6) is 0 Å². The van der Waals surface area contributed by atoms with E-state index in [2.05, 4.69) is 36.2 Å². The second-order valence-electron chi connectivity index (χ2n) is 15.5. The highest BCUT2D eigenvalue weighted by Crippen LogP contribution is 2.46. The number of amides is 2. The summed E-state index contributed by atoms with van der Waals surface area (Å²) in [4.78, 5) is 45.8. The Morgan fingerprint density at radius 1 is 0.984 bits per heavy atom. The standard InChI is InChI=1S/C43H36F5N11O3S/c1-42(2)40(62)58(26-11-8-23(20-49)30(18-26)43(46,47)48)41(63)59(42)27-12-13-28(31(45)19-27)38(60)51-15-5-4-14-50-25-9-6-22(7-10-25)35-34(37-52-21-53-57(37)3)36-33-29(39(61)56-55-36)16-24(44)17-32(33)54-35/h6-13,16-19,21,34-35,50,54H,4-5,14-15H2,1-3H3,(H,51,60)(H,56,61)/t34-,35-/m1/s1. The summed E-state index contributed by atoms with van der Waals surface area (Å²) in [7, 11) is 1.76. The fraction of sp³-hybridized carbons (Fsp3) is 0.256. The fourth-order valence-electron chi connectivity index (χ4n) is 8.05. The Balaban J connectivity index is 0.869. The molecule has 4 N–H and O–H groups in total. The van der Waals surface area contributed by atoms with E-state index < -0.39 is 63.8 Å². The summed E-state index contributed by atoms with van der Waals surface area (Å²) in [5.41, 5.74) is -1.53. The van der Waals surface area contributed by atoms with E-state index >= 15 is 4.39 Å². The number of thiocarbonyl (C=S) groups is 1. The van der Waals surface area contributed by atoms with Gasteiger partial charge in [0, 0.05) is 42.6 Å². The number of nitriles is 1. The third-order valence-electron chi connectivity index (χ3n) is 11.1. The zero-order valence-corrected chi connectivity index (χ0v) is 34.5. The van der Waals surface area contributed by atoms with Gasteiger partial charge < -0.3 is 20.9 Å². The molecular weight excluding hydrogens is 846 g/mol. The van der Waals surface area contributed by atoms with Gasteiger partial charge in [-0.05, 0) is 105 Å². The SMILES string of the molecule is Cn1ncnc1[C@H]1c2n[nH]c(=O)c3cc(F)cc(c23)N[C@@H]1c1ccc(NCCCCNC(=O)c2ccc(N3C(=S)N(c4ccc(C#N)c(C(F)(F)F)c4)C(=O)C3(C)C)cc2F)cc1. The maximum Gasteiger partial charge on any atom is 0.417 e. The number of nitrogens with zero attached hydrogens (tertiary/aromatic N) is 7. The molecule has 1 saturated heterocycles. The molecule has 2 atom stereocenters. The predicted octanol–water partition coefficient (Wildman–Crippen LogP) is 7.06. The van der Waals surface area contributed by atoms with Crippen molar-refractivity contribution in [2.75, 3.05) is 33.5 Å². The number of anilines is 4. The van der Waals surface area contributed by atoms with Crippen LogP contribution in [-0.2, 0) is 18.0 Å². The summed E-state index contributed by atoms with van der Waals surface area (Å²) >= 11 is 5.53. The van der Waals surface area contributed by atoms with Crippen molar-refractivity contribution in [2.45, 2.75) is 50.4 Å². The fourth-order valence-corrected chi connectivity index (χ4v) is 8.57. The zero-order chi connectivity index (χ0) is 45.0. The summed E-state index contributed by atoms with van der Waals surface area (Å²) in [5, 5.41) is 30.3. The molecule has 6 aromatic rings. The quantitative estimate of drug-likeness (QED) is 0.0596. The van der Waals surface area contributed by atoms with E-state index in [9.17, 15) is 37.2 Å². The average molecular weight is 882 g/mol. The molecule has 2 aliphatic rings. The van der Waals surface area contributed by atoms with E-state index in [0.29, 0.717) is 48.0 Å². The number of halogens is 5. The number of aryl methyl sites for hydroxylation is 1. The van der Waals surface area contributed by atoms with Crippen molar-refractivity contribution < 1.29 is 31.5 Å². The van der Waals surface area contributed by atoms with E-state index in [4.69, 9.17) is 12.2 Å². The highest BCUT2D eigenvalue weighted by molar-refractivity contribution is 7.81. The summed E-state index contributed by atoms with van der Waals surface area (Å²) in [5.74, 6) is -2.70. The lowest BCUT2D eigenvalue weighted by molar-refractivity contribution is -0.137. The summed E-state index contributed by atoms with van der Waals surface area (Å²) in [6.45, 7) is 3.76. The van der Waals surface area contributed by atoms with Crippen LogP contribution in [0.4, 0.5) is 44.7 Å². The first-order valence-electron chi connectivity index (χ1n) is 19.5. The third kappa shape index (κ3) is 7.68. The molecule has 0 radical (unpaired) electrons. The highest BCUT2D eigenvalue weighted by Gasteiger charge is 2.51. The van der Waals surface area contributed by atoms with E-state index in [1.165, 1.54) is 61.5 Å². The number of aromatic amines is 1. The Bertz CT molecular complexity index is 2930. The van der Waals surface area contributed by atoms with Crippen molar-refractivity contribution >= 4 is 62.7 Å². The van der Waals surface area contributed by atoms with E-state index in [0.717, 1.165) is 28.3 Å². The molecule has 0 saturated carbocycles. The Labute approximate surface area is 360 Å². The number of carbonyl (C=O) groups is 2. The lowest BCUT2D eigenvalue weighted by Crippen LogP contribution is -2.44. The van der Waals surface area contributed by atoms with Crippen molar-refractivity contribution in [3.8, 4) is 6.07 Å². The van der Waals surface area contributed by atoms with Crippen LogP contribution in [0.25, 0.3) is 10.8 Å². The number of carbonyl (C=O) groups excluding carboxylic acids is 2. The van der Waals surface area contributed by atoms with Crippen molar-refractivity contribution in [3.05, 3.63) is 135 Å². The van der Waals surface area contributed by atoms with Crippen LogP contribution in [0.15, 0.2) is 83.9 Å². The van der Waals surface area contributed by atoms with Crippen LogP contribution in [0.2, 0.25) is 0 Å². The summed E-state index contributed by atoms with van der Waals surface area (Å²) in [6.07, 6.45) is -2.24. The third-order valence-corrected chi connectivity index (χ3v) is 11.5. The van der Waals surface area contributed by atoms with Gasteiger partial charge in [-0.15, -0.1) is 0 Å². The molecule has 0 aliphatic carbocycles. The van der Waals surface area contributed by atoms with E-state index in [-0.39, 0.29) is 34.0 Å². The monoisotopic (exact) mass is 881 g/mol. The maximum absolute atomic E-state index is 15.5. The molecule has 0 unspecified atom stereocenters. The number of benzene rings is 4. The van der Waals surface area contributed by atoms with Gasteiger partial charge in [0.1, 0.15) is 29.3 Å². The highest BCUT2D eigenvalue weighted by atomic mass is 32.1. The van der Waals surface area contributed by atoms with Gasteiger partial charge in [0.15, 0.2) is 5.11 Å². The van der Waals surface area contributed by atoms with Crippen molar-refractivity contribution in [3.63, 3.8) is 0 Å². The van der Waals surface area contributed by atoms with Crippen LogP contribution in [0.3, 0.4) is 0 Å². The van der Waals surface area contributed by atoms with E-state index in [1.54, 1.807) is 11.7 Å². The molecular formula is C43H36F5N11O3S. The molecule has 322 valence electrons. The van der Waals surface area contributed by atoms with Gasteiger partial charge in [0.05, 0.1) is 51.5 Å². The minimum absolute atomic E-state index is 0.104. The number of nitrogens with one attached hydrogen (secondary N) is 4. The molecule has 0 bridgehead atoms. The topological polar surface area (TPSA) is 177 Å². The Hall–Kier alpha value is -7.27. The lowest BCUT2D eigenvalue weighted by Gasteiger charge is -2.33. The van der Waals surface area contributed by atoms with Gasteiger partial charge >= 0.3 is 6.18 Å².